The molecule has 0 aliphatic carbocycles. The van der Waals surface area contributed by atoms with Crippen LogP contribution in [0.15, 0.2) is 28.4 Å². The molecule has 0 atom stereocenters. The lowest BCUT2D eigenvalue weighted by Crippen LogP contribution is -2.21. The van der Waals surface area contributed by atoms with Crippen molar-refractivity contribution in [1.29, 1.82) is 0 Å². The highest BCUT2D eigenvalue weighted by atomic mass is 19.1. The highest BCUT2D eigenvalue weighted by molar-refractivity contribution is 5.82. The first-order chi connectivity index (χ1) is 7.61. The molecule has 0 saturated carbocycles. The Morgan fingerprint density at radius 2 is 2.19 bits per heavy atom. The van der Waals surface area contributed by atoms with Crippen molar-refractivity contribution < 1.29 is 9.13 Å². The van der Waals surface area contributed by atoms with Gasteiger partial charge in [0.15, 0.2) is 0 Å². The van der Waals surface area contributed by atoms with Gasteiger partial charge in [0.1, 0.15) is 11.6 Å². The summed E-state index contributed by atoms with van der Waals surface area (Å²) in [4.78, 5) is 0. The van der Waals surface area contributed by atoms with E-state index in [2.05, 4.69) is 10.2 Å². The Bertz CT molecular complexity index is 413. The van der Waals surface area contributed by atoms with Gasteiger partial charge in [0.25, 0.3) is 0 Å². The van der Waals surface area contributed by atoms with Crippen LogP contribution in [-0.2, 0) is 0 Å². The third-order valence-corrected chi connectivity index (χ3v) is 1.58. The molecule has 1 rings (SSSR count). The maximum absolute atomic E-state index is 13.1. The van der Waals surface area contributed by atoms with Gasteiger partial charge in [-0.25, -0.2) is 4.39 Å². The maximum Gasteiger partial charge on any atom is 0.211 e. The zero-order valence-electron chi connectivity index (χ0n) is 8.85. The number of benzene rings is 1. The summed E-state index contributed by atoms with van der Waals surface area (Å²) in [6.45, 7) is 2.28. The van der Waals surface area contributed by atoms with Crippen LogP contribution in [0.1, 0.15) is 12.5 Å². The molecule has 0 unspecified atom stereocenters. The molecule has 1 aromatic rings. The van der Waals surface area contributed by atoms with Crippen LogP contribution >= 0.6 is 0 Å². The van der Waals surface area contributed by atoms with E-state index in [0.717, 1.165) is 0 Å². The van der Waals surface area contributed by atoms with Gasteiger partial charge in [0.05, 0.1) is 12.8 Å². The lowest BCUT2D eigenvalue weighted by atomic mass is 10.2. The van der Waals surface area contributed by atoms with E-state index in [1.165, 1.54) is 18.3 Å². The Morgan fingerprint density at radius 1 is 1.44 bits per heavy atom. The molecule has 6 heteroatoms. The molecule has 0 saturated heterocycles. The highest BCUT2D eigenvalue weighted by Crippen LogP contribution is 2.15. The van der Waals surface area contributed by atoms with Gasteiger partial charge in [-0.05, 0) is 19.1 Å². The molecule has 0 aliphatic heterocycles. The molecule has 0 aromatic heterocycles. The quantitative estimate of drug-likeness (QED) is 0.451. The lowest BCUT2D eigenvalue weighted by Gasteiger charge is -2.03. The second-order valence-electron chi connectivity index (χ2n) is 2.92. The molecule has 0 radical (unpaired) electrons. The summed E-state index contributed by atoms with van der Waals surface area (Å²) in [7, 11) is 0. The van der Waals surface area contributed by atoms with E-state index in [4.69, 9.17) is 16.2 Å². The van der Waals surface area contributed by atoms with Gasteiger partial charge in [-0.2, -0.15) is 5.10 Å². The van der Waals surface area contributed by atoms with Crippen molar-refractivity contribution in [2.45, 2.75) is 6.92 Å². The normalized spacial score (nSPS) is 10.4. The lowest BCUT2D eigenvalue weighted by molar-refractivity contribution is 0.338. The van der Waals surface area contributed by atoms with E-state index in [1.54, 1.807) is 6.07 Å². The van der Waals surface area contributed by atoms with E-state index in [0.29, 0.717) is 17.9 Å². The number of halogens is 1. The van der Waals surface area contributed by atoms with E-state index < -0.39 is 5.82 Å². The average molecular weight is 224 g/mol. The van der Waals surface area contributed by atoms with Gasteiger partial charge in [0, 0.05) is 11.6 Å². The fourth-order valence-electron chi connectivity index (χ4n) is 1.07. The van der Waals surface area contributed by atoms with Gasteiger partial charge < -0.3 is 16.2 Å². The van der Waals surface area contributed by atoms with Crippen LogP contribution in [0, 0.1) is 5.82 Å². The molecule has 16 heavy (non-hydrogen) atoms. The molecule has 4 N–H and O–H groups in total. The minimum Gasteiger partial charge on any atom is -0.494 e. The van der Waals surface area contributed by atoms with Crippen LogP contribution in [0.5, 0.6) is 5.75 Å². The van der Waals surface area contributed by atoms with E-state index in [9.17, 15) is 4.39 Å². The number of hydrogen-bond acceptors (Lipinski definition) is 3. The first-order valence-electron chi connectivity index (χ1n) is 4.67. The monoisotopic (exact) mass is 224 g/mol. The molecule has 0 aliphatic rings. The van der Waals surface area contributed by atoms with Crippen LogP contribution in [0.4, 0.5) is 4.39 Å². The second kappa shape index (κ2) is 5.69. The highest BCUT2D eigenvalue weighted by Gasteiger charge is 1.99. The molecule has 1 aromatic carbocycles. The van der Waals surface area contributed by atoms with Gasteiger partial charge in [0.2, 0.25) is 5.96 Å². The second-order valence-corrected chi connectivity index (χ2v) is 2.92. The molecule has 0 spiro atoms. The predicted molar refractivity (Wildman–Crippen MR) is 61.0 cm³/mol. The van der Waals surface area contributed by atoms with E-state index >= 15 is 0 Å². The molecular formula is C10H13FN4O. The first kappa shape index (κ1) is 12.0. The fraction of sp³-hybridized carbons (Fsp3) is 0.200. The van der Waals surface area contributed by atoms with E-state index in [-0.39, 0.29) is 5.96 Å². The topological polar surface area (TPSA) is 86.0 Å². The molecule has 5 nitrogen and oxygen atoms in total. The van der Waals surface area contributed by atoms with Crippen LogP contribution in [-0.4, -0.2) is 18.8 Å². The van der Waals surface area contributed by atoms with Crippen molar-refractivity contribution in [1.82, 2.24) is 0 Å². The summed E-state index contributed by atoms with van der Waals surface area (Å²) >= 11 is 0. The Morgan fingerprint density at radius 3 is 2.81 bits per heavy atom. The van der Waals surface area contributed by atoms with Crippen molar-refractivity contribution >= 4 is 12.2 Å². The van der Waals surface area contributed by atoms with Gasteiger partial charge >= 0.3 is 0 Å². The van der Waals surface area contributed by atoms with Crippen molar-refractivity contribution in [2.75, 3.05) is 6.61 Å². The molecule has 0 heterocycles. The number of hydrogen-bond donors (Lipinski definition) is 2. The smallest absolute Gasteiger partial charge is 0.211 e. The SMILES string of the molecule is CCOc1cc(F)cc(C=NN=C(N)N)c1. The number of rotatable bonds is 4. The van der Waals surface area contributed by atoms with Crippen LogP contribution in [0.2, 0.25) is 0 Å². The summed E-state index contributed by atoms with van der Waals surface area (Å²) < 4.78 is 18.3. The molecular weight excluding hydrogens is 211 g/mol. The largest absolute Gasteiger partial charge is 0.494 e. The van der Waals surface area contributed by atoms with Gasteiger partial charge in [-0.1, -0.05) is 0 Å². The molecule has 0 amide bonds. The molecule has 0 bridgehead atoms. The molecule has 86 valence electrons. The van der Waals surface area contributed by atoms with Crippen LogP contribution in [0.3, 0.4) is 0 Å². The van der Waals surface area contributed by atoms with Gasteiger partial charge in [-0.3, -0.25) is 0 Å². The summed E-state index contributed by atoms with van der Waals surface area (Å²) in [5.41, 5.74) is 10.7. The Labute approximate surface area is 92.6 Å². The number of nitrogens with two attached hydrogens (primary N) is 2. The third kappa shape index (κ3) is 3.95. The fourth-order valence-corrected chi connectivity index (χ4v) is 1.07. The van der Waals surface area contributed by atoms with E-state index in [1.807, 2.05) is 6.92 Å². The summed E-state index contributed by atoms with van der Waals surface area (Å²) in [5, 5.41) is 6.98. The minimum atomic E-state index is -0.405. The summed E-state index contributed by atoms with van der Waals surface area (Å²) in [6, 6.07) is 4.23. The van der Waals surface area contributed by atoms with Crippen molar-refractivity contribution in [3.8, 4) is 5.75 Å². The zero-order chi connectivity index (χ0) is 12.0. The number of nitrogens with zero attached hydrogens (tertiary/aromatic N) is 2. The summed E-state index contributed by atoms with van der Waals surface area (Å²) in [6.07, 6.45) is 1.34. The minimum absolute atomic E-state index is 0.155. The Balaban J connectivity index is 2.87. The first-order valence-corrected chi connectivity index (χ1v) is 4.67. The third-order valence-electron chi connectivity index (χ3n) is 1.58. The van der Waals surface area contributed by atoms with Crippen molar-refractivity contribution in [3.63, 3.8) is 0 Å². The molecule has 0 fully saturated rings. The average Bonchev–Trinajstić information content (AvgIpc) is 2.16. The Hall–Kier alpha value is -2.11. The van der Waals surface area contributed by atoms with Crippen molar-refractivity contribution in [2.24, 2.45) is 21.7 Å². The number of ether oxygens (including phenoxy) is 1. The Kier molecular flexibility index (Phi) is 4.26. The number of guanidine groups is 1. The van der Waals surface area contributed by atoms with Crippen LogP contribution in [0.25, 0.3) is 0 Å². The van der Waals surface area contributed by atoms with Crippen molar-refractivity contribution in [3.05, 3.63) is 29.6 Å². The summed E-state index contributed by atoms with van der Waals surface area (Å²) in [5.74, 6) is -0.122. The maximum atomic E-state index is 13.1. The standard InChI is InChI=1S/C10H13FN4O/c1-2-16-9-4-7(3-8(11)5-9)6-14-15-10(12)13/h3-6H,2H2,1H3,(H4,12,13,15). The zero-order valence-corrected chi connectivity index (χ0v) is 8.85. The predicted octanol–water partition coefficient (Wildman–Crippen LogP) is 0.832. The van der Waals surface area contributed by atoms with Gasteiger partial charge in [-0.15, -0.1) is 5.10 Å². The van der Waals surface area contributed by atoms with Crippen LogP contribution < -0.4 is 16.2 Å².